The zero-order valence-electron chi connectivity index (χ0n) is 15.8. The van der Waals surface area contributed by atoms with Crippen molar-refractivity contribution in [1.29, 1.82) is 0 Å². The minimum absolute atomic E-state index is 0.0274. The number of halogens is 1. The van der Waals surface area contributed by atoms with Crippen LogP contribution in [-0.4, -0.2) is 41.9 Å². The molecule has 29 heavy (non-hydrogen) atoms. The minimum atomic E-state index is -1.24. The molecule has 1 fully saturated rings. The number of carbonyl (C=O) groups is 1. The SMILES string of the molecule is COc1cc(F)c(Cc2cc3ccccc3s2)cc1[C@H]1C[C@@H](O)C(=O)[C@@H](CO)O1. The second-order valence-electron chi connectivity index (χ2n) is 7.06. The van der Waals surface area contributed by atoms with E-state index in [0.29, 0.717) is 17.5 Å². The molecule has 1 aromatic heterocycles. The number of hydrogen-bond donors (Lipinski definition) is 2. The lowest BCUT2D eigenvalue weighted by molar-refractivity contribution is -0.162. The second kappa shape index (κ2) is 8.20. The van der Waals surface area contributed by atoms with Crippen LogP contribution >= 0.6 is 11.3 Å². The first-order valence-electron chi connectivity index (χ1n) is 9.32. The Bertz CT molecular complexity index is 1010. The van der Waals surface area contributed by atoms with Crippen molar-refractivity contribution in [2.24, 2.45) is 0 Å². The molecule has 0 unspecified atom stereocenters. The van der Waals surface area contributed by atoms with Crippen LogP contribution in [0.5, 0.6) is 5.75 Å². The highest BCUT2D eigenvalue weighted by Gasteiger charge is 2.37. The van der Waals surface area contributed by atoms with Gasteiger partial charge in [0.2, 0.25) is 0 Å². The number of aliphatic hydroxyl groups is 2. The maximum Gasteiger partial charge on any atom is 0.192 e. The van der Waals surface area contributed by atoms with Crippen LogP contribution in [0, 0.1) is 5.82 Å². The summed E-state index contributed by atoms with van der Waals surface area (Å²) in [6.45, 7) is -0.523. The van der Waals surface area contributed by atoms with Crippen LogP contribution in [0.25, 0.3) is 10.1 Å². The van der Waals surface area contributed by atoms with Gasteiger partial charge < -0.3 is 19.7 Å². The number of methoxy groups -OCH3 is 1. The van der Waals surface area contributed by atoms with E-state index < -0.39 is 36.5 Å². The van der Waals surface area contributed by atoms with Gasteiger partial charge in [-0.1, -0.05) is 18.2 Å². The maximum atomic E-state index is 14.7. The lowest BCUT2D eigenvalue weighted by atomic mass is 9.93. The van der Waals surface area contributed by atoms with E-state index in [1.165, 1.54) is 13.2 Å². The van der Waals surface area contributed by atoms with Gasteiger partial charge in [0.25, 0.3) is 0 Å². The number of Topliss-reactive ketones (excluding diaryl/α,β-unsaturated/α-hetero) is 1. The van der Waals surface area contributed by atoms with Crippen LogP contribution in [0.2, 0.25) is 0 Å². The smallest absolute Gasteiger partial charge is 0.192 e. The first kappa shape index (κ1) is 20.0. The van der Waals surface area contributed by atoms with Crippen molar-refractivity contribution in [3.8, 4) is 5.75 Å². The summed E-state index contributed by atoms with van der Waals surface area (Å²) in [6.07, 6.45) is -2.60. The molecule has 7 heteroatoms. The van der Waals surface area contributed by atoms with E-state index in [1.807, 2.05) is 30.3 Å². The Hall–Kier alpha value is -2.32. The molecule has 0 saturated carbocycles. The molecule has 2 heterocycles. The number of fused-ring (bicyclic) bond motifs is 1. The highest BCUT2D eigenvalue weighted by Crippen LogP contribution is 2.38. The molecule has 3 aromatic rings. The fraction of sp³-hybridized carbons (Fsp3) is 0.318. The van der Waals surface area contributed by atoms with E-state index in [9.17, 15) is 19.4 Å². The highest BCUT2D eigenvalue weighted by molar-refractivity contribution is 7.19. The van der Waals surface area contributed by atoms with Crippen LogP contribution < -0.4 is 4.74 Å². The number of carbonyl (C=O) groups excluding carboxylic acids is 1. The van der Waals surface area contributed by atoms with Gasteiger partial charge in [0.1, 0.15) is 23.8 Å². The molecule has 0 spiro atoms. The van der Waals surface area contributed by atoms with Crippen molar-refractivity contribution in [3.63, 3.8) is 0 Å². The summed E-state index contributed by atoms with van der Waals surface area (Å²) in [4.78, 5) is 12.9. The molecule has 0 aliphatic carbocycles. The molecule has 0 amide bonds. The molecule has 4 rings (SSSR count). The number of hydrogen-bond acceptors (Lipinski definition) is 6. The van der Waals surface area contributed by atoms with Gasteiger partial charge in [-0.25, -0.2) is 4.39 Å². The van der Waals surface area contributed by atoms with Gasteiger partial charge in [0.05, 0.1) is 19.8 Å². The lowest BCUT2D eigenvalue weighted by Gasteiger charge is -2.32. The standard InChI is InChI=1S/C22H21FO5S/c1-27-18-9-16(23)13(7-14-6-12-4-2-3-5-21(12)29-14)8-15(18)19-10-17(25)22(26)20(11-24)28-19/h2-6,8-9,17,19-20,24-25H,7,10-11H2,1H3/t17-,19-,20-/m1/s1. The van der Waals surface area contributed by atoms with Crippen LogP contribution in [-0.2, 0) is 16.0 Å². The fourth-order valence-electron chi connectivity index (χ4n) is 3.68. The Kier molecular flexibility index (Phi) is 5.65. The molecule has 2 N–H and O–H groups in total. The number of aliphatic hydroxyl groups excluding tert-OH is 2. The van der Waals surface area contributed by atoms with E-state index in [0.717, 1.165) is 15.0 Å². The van der Waals surface area contributed by atoms with E-state index in [1.54, 1.807) is 17.4 Å². The van der Waals surface area contributed by atoms with Crippen molar-refractivity contribution in [2.45, 2.75) is 31.2 Å². The third kappa shape index (κ3) is 3.91. The number of rotatable bonds is 5. The quantitative estimate of drug-likeness (QED) is 0.667. The van der Waals surface area contributed by atoms with Crippen LogP contribution in [0.1, 0.15) is 28.5 Å². The number of benzene rings is 2. The Labute approximate surface area is 171 Å². The molecule has 152 valence electrons. The summed E-state index contributed by atoms with van der Waals surface area (Å²) in [5.74, 6) is -0.657. The molecular weight excluding hydrogens is 395 g/mol. The van der Waals surface area contributed by atoms with E-state index in [4.69, 9.17) is 9.47 Å². The monoisotopic (exact) mass is 416 g/mol. The zero-order chi connectivity index (χ0) is 20.5. The van der Waals surface area contributed by atoms with Crippen LogP contribution in [0.3, 0.4) is 0 Å². The second-order valence-corrected chi connectivity index (χ2v) is 8.23. The summed E-state index contributed by atoms with van der Waals surface area (Å²) in [6, 6.07) is 13.0. The van der Waals surface area contributed by atoms with E-state index in [2.05, 4.69) is 0 Å². The molecule has 0 radical (unpaired) electrons. The van der Waals surface area contributed by atoms with Gasteiger partial charge in [0.15, 0.2) is 5.78 Å². The summed E-state index contributed by atoms with van der Waals surface area (Å²) in [5, 5.41) is 20.6. The predicted octanol–water partition coefficient (Wildman–Crippen LogP) is 3.39. The Morgan fingerprint density at radius 3 is 2.79 bits per heavy atom. The van der Waals surface area contributed by atoms with Crippen molar-refractivity contribution in [2.75, 3.05) is 13.7 Å². The third-order valence-corrected chi connectivity index (χ3v) is 6.28. The fourth-order valence-corrected chi connectivity index (χ4v) is 4.77. The predicted molar refractivity (Wildman–Crippen MR) is 108 cm³/mol. The Morgan fingerprint density at radius 2 is 2.07 bits per heavy atom. The molecule has 1 aliphatic heterocycles. The van der Waals surface area contributed by atoms with Gasteiger partial charge >= 0.3 is 0 Å². The van der Waals surface area contributed by atoms with Gasteiger partial charge in [-0.2, -0.15) is 0 Å². The van der Waals surface area contributed by atoms with Gasteiger partial charge in [-0.05, 0) is 29.1 Å². The van der Waals surface area contributed by atoms with Crippen molar-refractivity contribution in [1.82, 2.24) is 0 Å². The van der Waals surface area contributed by atoms with Gasteiger partial charge in [-0.3, -0.25) is 4.79 Å². The average molecular weight is 416 g/mol. The number of ether oxygens (including phenoxy) is 2. The van der Waals surface area contributed by atoms with Crippen LogP contribution in [0.4, 0.5) is 4.39 Å². The first-order valence-corrected chi connectivity index (χ1v) is 10.1. The largest absolute Gasteiger partial charge is 0.496 e. The summed E-state index contributed by atoms with van der Waals surface area (Å²) >= 11 is 1.61. The first-order chi connectivity index (χ1) is 14.0. The number of thiophene rings is 1. The molecule has 0 bridgehead atoms. The minimum Gasteiger partial charge on any atom is -0.496 e. The van der Waals surface area contributed by atoms with E-state index in [-0.39, 0.29) is 12.2 Å². The highest BCUT2D eigenvalue weighted by atomic mass is 32.1. The summed E-state index contributed by atoms with van der Waals surface area (Å²) < 4.78 is 26.9. The zero-order valence-corrected chi connectivity index (χ0v) is 16.6. The molecule has 5 nitrogen and oxygen atoms in total. The Balaban J connectivity index is 1.68. The van der Waals surface area contributed by atoms with Gasteiger partial charge in [-0.15, -0.1) is 11.3 Å². The molecule has 1 aliphatic rings. The van der Waals surface area contributed by atoms with Crippen molar-refractivity contribution < 1.29 is 28.9 Å². The van der Waals surface area contributed by atoms with Crippen LogP contribution in [0.15, 0.2) is 42.5 Å². The van der Waals surface area contributed by atoms with Crippen molar-refractivity contribution in [3.05, 3.63) is 64.3 Å². The Morgan fingerprint density at radius 1 is 1.28 bits per heavy atom. The topological polar surface area (TPSA) is 76.0 Å². The van der Waals surface area contributed by atoms with Crippen molar-refractivity contribution >= 4 is 27.2 Å². The molecule has 1 saturated heterocycles. The molecular formula is C22H21FO5S. The van der Waals surface area contributed by atoms with E-state index >= 15 is 0 Å². The summed E-state index contributed by atoms with van der Waals surface area (Å²) in [5.41, 5.74) is 1.03. The van der Waals surface area contributed by atoms with Gasteiger partial charge in [0, 0.05) is 34.0 Å². The molecule has 2 aromatic carbocycles. The third-order valence-electron chi connectivity index (χ3n) is 5.16. The summed E-state index contributed by atoms with van der Waals surface area (Å²) in [7, 11) is 1.43. The lowest BCUT2D eigenvalue weighted by Crippen LogP contribution is -2.43. The normalized spacial score (nSPS) is 22.2. The maximum absolute atomic E-state index is 14.7. The number of ketones is 1. The average Bonchev–Trinajstić information content (AvgIpc) is 3.13. The molecule has 3 atom stereocenters.